The number of nitrogens with one attached hydrogen (secondary N) is 1. The zero-order chi connectivity index (χ0) is 23.8. The molecule has 5 rings (SSSR count). The molecule has 3 aromatic carbocycles. The van der Waals surface area contributed by atoms with Crippen molar-refractivity contribution in [3.63, 3.8) is 0 Å². The Labute approximate surface area is 202 Å². The standard InChI is InChI=1S/C27H23ClN4O2/c1-16-12-13-20(14-17(16)2)24-23(26-30-25(31-34-26)19-8-5-4-6-9-19)18(3)32(27(33)29-24)22-11-7-10-21(28)15-22/h4-15,24H,1-3H3,(H,29,33). The topological polar surface area (TPSA) is 71.3 Å². The monoisotopic (exact) mass is 470 g/mol. The Morgan fingerprint density at radius 2 is 1.74 bits per heavy atom. The third-order valence-electron chi connectivity index (χ3n) is 6.10. The highest BCUT2D eigenvalue weighted by molar-refractivity contribution is 6.31. The number of carbonyl (C=O) groups excluding carboxylic acids is 1. The predicted octanol–water partition coefficient (Wildman–Crippen LogP) is 6.71. The van der Waals surface area contributed by atoms with E-state index in [1.807, 2.05) is 55.5 Å². The lowest BCUT2D eigenvalue weighted by Crippen LogP contribution is -2.46. The first-order chi connectivity index (χ1) is 16.4. The first-order valence-corrected chi connectivity index (χ1v) is 11.3. The van der Waals surface area contributed by atoms with Crippen LogP contribution in [-0.2, 0) is 0 Å². The zero-order valence-corrected chi connectivity index (χ0v) is 19.8. The maximum Gasteiger partial charge on any atom is 0.326 e. The molecular formula is C27H23ClN4O2. The van der Waals surface area contributed by atoms with Gasteiger partial charge in [0.2, 0.25) is 5.82 Å². The Morgan fingerprint density at radius 3 is 2.47 bits per heavy atom. The van der Waals surface area contributed by atoms with E-state index in [4.69, 9.17) is 21.1 Å². The molecular weight excluding hydrogens is 448 g/mol. The smallest absolute Gasteiger partial charge is 0.326 e. The van der Waals surface area contributed by atoms with Gasteiger partial charge in [-0.2, -0.15) is 4.98 Å². The number of amides is 2. The Morgan fingerprint density at radius 1 is 0.941 bits per heavy atom. The molecule has 1 aliphatic rings. The average molecular weight is 471 g/mol. The van der Waals surface area contributed by atoms with E-state index in [1.165, 1.54) is 5.56 Å². The number of nitrogens with zero attached hydrogens (tertiary/aromatic N) is 3. The van der Waals surface area contributed by atoms with Gasteiger partial charge in [-0.05, 0) is 55.7 Å². The molecule has 0 bridgehead atoms. The van der Waals surface area contributed by atoms with Crippen LogP contribution in [0.2, 0.25) is 5.02 Å². The first kappa shape index (κ1) is 21.9. The van der Waals surface area contributed by atoms with Crippen LogP contribution in [-0.4, -0.2) is 16.2 Å². The van der Waals surface area contributed by atoms with Crippen LogP contribution in [0.1, 0.15) is 35.5 Å². The Bertz CT molecular complexity index is 1410. The molecule has 4 aromatic rings. The van der Waals surface area contributed by atoms with Crippen LogP contribution < -0.4 is 10.2 Å². The molecule has 6 nitrogen and oxygen atoms in total. The number of aryl methyl sites for hydroxylation is 2. The normalized spacial score (nSPS) is 16.1. The minimum absolute atomic E-state index is 0.255. The largest absolute Gasteiger partial charge is 0.334 e. The lowest BCUT2D eigenvalue weighted by Gasteiger charge is -2.35. The van der Waals surface area contributed by atoms with Crippen molar-refractivity contribution in [3.05, 3.63) is 106 Å². The number of hydrogen-bond acceptors (Lipinski definition) is 4. The van der Waals surface area contributed by atoms with Gasteiger partial charge in [-0.3, -0.25) is 4.90 Å². The SMILES string of the molecule is CC1=C(c2nc(-c3ccccc3)no2)C(c2ccc(C)c(C)c2)NC(=O)N1c1cccc(Cl)c1. The summed E-state index contributed by atoms with van der Waals surface area (Å²) in [5.41, 5.74) is 6.19. The van der Waals surface area contributed by atoms with Crippen molar-refractivity contribution in [1.29, 1.82) is 0 Å². The summed E-state index contributed by atoms with van der Waals surface area (Å²) in [5.74, 6) is 0.840. The van der Waals surface area contributed by atoms with E-state index in [2.05, 4.69) is 36.5 Å². The molecule has 0 aliphatic carbocycles. The van der Waals surface area contributed by atoms with Crippen LogP contribution in [0.25, 0.3) is 17.0 Å². The highest BCUT2D eigenvalue weighted by Crippen LogP contribution is 2.39. The highest BCUT2D eigenvalue weighted by Gasteiger charge is 2.36. The van der Waals surface area contributed by atoms with Gasteiger partial charge in [0.15, 0.2) is 0 Å². The molecule has 7 heteroatoms. The minimum Gasteiger partial charge on any atom is -0.334 e. The van der Waals surface area contributed by atoms with Gasteiger partial charge in [0.25, 0.3) is 5.89 Å². The molecule has 1 atom stereocenters. The van der Waals surface area contributed by atoms with Gasteiger partial charge in [0, 0.05) is 16.3 Å². The Kier molecular flexibility index (Phi) is 5.67. The third kappa shape index (κ3) is 3.97. The van der Waals surface area contributed by atoms with Crippen LogP contribution in [0.15, 0.2) is 83.0 Å². The molecule has 1 aromatic heterocycles. The molecule has 0 spiro atoms. The number of halogens is 1. The minimum atomic E-state index is -0.452. The summed E-state index contributed by atoms with van der Waals surface area (Å²) in [6.07, 6.45) is 0. The summed E-state index contributed by atoms with van der Waals surface area (Å²) < 4.78 is 5.75. The van der Waals surface area contributed by atoms with E-state index >= 15 is 0 Å². The third-order valence-corrected chi connectivity index (χ3v) is 6.34. The van der Waals surface area contributed by atoms with Gasteiger partial charge in [-0.15, -0.1) is 0 Å². The van der Waals surface area contributed by atoms with E-state index in [0.717, 1.165) is 22.3 Å². The molecule has 0 radical (unpaired) electrons. The van der Waals surface area contributed by atoms with Gasteiger partial charge in [-0.25, -0.2) is 4.79 Å². The van der Waals surface area contributed by atoms with Crippen LogP contribution in [0.3, 0.4) is 0 Å². The molecule has 1 aliphatic heterocycles. The number of allylic oxidation sites excluding steroid dienone is 1. The zero-order valence-electron chi connectivity index (χ0n) is 19.0. The molecule has 34 heavy (non-hydrogen) atoms. The number of aromatic nitrogens is 2. The molecule has 2 amide bonds. The Hall–Kier alpha value is -3.90. The maximum atomic E-state index is 13.3. The summed E-state index contributed by atoms with van der Waals surface area (Å²) >= 11 is 6.23. The molecule has 2 heterocycles. The van der Waals surface area contributed by atoms with Gasteiger partial charge in [0.1, 0.15) is 0 Å². The van der Waals surface area contributed by atoms with Gasteiger partial charge < -0.3 is 9.84 Å². The van der Waals surface area contributed by atoms with E-state index in [1.54, 1.807) is 17.0 Å². The molecule has 1 unspecified atom stereocenters. The van der Waals surface area contributed by atoms with Crippen molar-refractivity contribution in [2.45, 2.75) is 26.8 Å². The van der Waals surface area contributed by atoms with Gasteiger partial charge >= 0.3 is 6.03 Å². The lowest BCUT2D eigenvalue weighted by molar-refractivity contribution is 0.244. The van der Waals surface area contributed by atoms with Gasteiger partial charge in [-0.1, -0.05) is 71.4 Å². The second-order valence-corrected chi connectivity index (χ2v) is 8.77. The molecule has 0 saturated heterocycles. The van der Waals surface area contributed by atoms with Crippen molar-refractivity contribution in [2.75, 3.05) is 4.90 Å². The number of anilines is 1. The van der Waals surface area contributed by atoms with Crippen molar-refractivity contribution < 1.29 is 9.32 Å². The fraction of sp³-hybridized carbons (Fsp3) is 0.148. The van der Waals surface area contributed by atoms with Crippen molar-refractivity contribution in [2.24, 2.45) is 0 Å². The van der Waals surface area contributed by atoms with E-state index in [0.29, 0.717) is 28.1 Å². The average Bonchev–Trinajstić information content (AvgIpc) is 3.31. The van der Waals surface area contributed by atoms with Crippen molar-refractivity contribution >= 4 is 28.9 Å². The fourth-order valence-electron chi connectivity index (χ4n) is 4.18. The molecule has 1 N–H and O–H groups in total. The summed E-state index contributed by atoms with van der Waals surface area (Å²) in [6.45, 7) is 6.00. The maximum absolute atomic E-state index is 13.3. The molecule has 170 valence electrons. The van der Waals surface area contributed by atoms with E-state index < -0.39 is 6.04 Å². The van der Waals surface area contributed by atoms with Crippen LogP contribution in [0, 0.1) is 13.8 Å². The summed E-state index contributed by atoms with van der Waals surface area (Å²) in [5, 5.41) is 7.89. The van der Waals surface area contributed by atoms with E-state index in [-0.39, 0.29) is 6.03 Å². The number of hydrogen-bond donors (Lipinski definition) is 1. The number of carbonyl (C=O) groups is 1. The van der Waals surface area contributed by atoms with Crippen LogP contribution >= 0.6 is 11.6 Å². The van der Waals surface area contributed by atoms with Crippen molar-refractivity contribution in [3.8, 4) is 11.4 Å². The predicted molar refractivity (Wildman–Crippen MR) is 133 cm³/mol. The number of benzene rings is 3. The second kappa shape index (κ2) is 8.80. The molecule has 0 fully saturated rings. The quantitative estimate of drug-likeness (QED) is 0.360. The van der Waals surface area contributed by atoms with Crippen molar-refractivity contribution in [1.82, 2.24) is 15.5 Å². The first-order valence-electron chi connectivity index (χ1n) is 11.0. The molecule has 0 saturated carbocycles. The van der Waals surface area contributed by atoms with Crippen LogP contribution in [0.5, 0.6) is 0 Å². The van der Waals surface area contributed by atoms with Crippen LogP contribution in [0.4, 0.5) is 10.5 Å². The Balaban J connectivity index is 1.68. The van der Waals surface area contributed by atoms with E-state index in [9.17, 15) is 4.79 Å². The highest BCUT2D eigenvalue weighted by atomic mass is 35.5. The number of rotatable bonds is 4. The fourth-order valence-corrected chi connectivity index (χ4v) is 4.36. The summed E-state index contributed by atoms with van der Waals surface area (Å²) in [6, 6.07) is 22.3. The van der Waals surface area contributed by atoms with Gasteiger partial charge in [0.05, 0.1) is 17.3 Å². The number of urea groups is 1. The second-order valence-electron chi connectivity index (χ2n) is 8.33. The summed E-state index contributed by atoms with van der Waals surface area (Å²) in [7, 11) is 0. The summed E-state index contributed by atoms with van der Waals surface area (Å²) in [4.78, 5) is 19.6. The lowest BCUT2D eigenvalue weighted by atomic mass is 9.92.